The van der Waals surface area contributed by atoms with Gasteiger partial charge in [0.05, 0.1) is 17.8 Å². The molecule has 1 N–H and O–H groups in total. The van der Waals surface area contributed by atoms with Crippen LogP contribution >= 0.6 is 15.9 Å². The molecule has 0 aliphatic carbocycles. The van der Waals surface area contributed by atoms with Gasteiger partial charge in [0.2, 0.25) is 6.17 Å². The van der Waals surface area contributed by atoms with Crippen LogP contribution in [0, 0.1) is 12.7 Å². The second kappa shape index (κ2) is 6.84. The van der Waals surface area contributed by atoms with Crippen molar-refractivity contribution in [3.63, 3.8) is 0 Å². The second-order valence-corrected chi connectivity index (χ2v) is 7.86. The monoisotopic (exact) mass is 429 g/mol. The summed E-state index contributed by atoms with van der Waals surface area (Å²) in [4.78, 5) is 4.93. The van der Waals surface area contributed by atoms with Crippen molar-refractivity contribution in [2.45, 2.75) is 33.4 Å². The number of benzene rings is 2. The van der Waals surface area contributed by atoms with Gasteiger partial charge < -0.3 is 0 Å². The van der Waals surface area contributed by atoms with Crippen LogP contribution in [0.25, 0.3) is 0 Å². The van der Waals surface area contributed by atoms with Gasteiger partial charge in [-0.15, -0.1) is 5.01 Å². The van der Waals surface area contributed by atoms with Crippen LogP contribution in [0.3, 0.4) is 0 Å². The van der Waals surface area contributed by atoms with Gasteiger partial charge >= 0.3 is 0 Å². The minimum absolute atomic E-state index is 0.0488. The molecular formula is C21H23BrFN4+. The summed E-state index contributed by atoms with van der Waals surface area (Å²) in [6.45, 7) is 6.67. The minimum Gasteiger partial charge on any atom is -0.278 e. The number of amidine groups is 1. The summed E-state index contributed by atoms with van der Waals surface area (Å²) in [7, 11) is 2.01. The number of hydrogen-bond acceptors (Lipinski definition) is 3. The van der Waals surface area contributed by atoms with E-state index in [0.717, 1.165) is 39.3 Å². The first-order valence-electron chi connectivity index (χ1n) is 9.18. The van der Waals surface area contributed by atoms with Crippen LogP contribution in [-0.4, -0.2) is 40.9 Å². The molecule has 2 aromatic rings. The summed E-state index contributed by atoms with van der Waals surface area (Å²) >= 11 is 3.81. The number of rotatable bonds is 2. The lowest BCUT2D eigenvalue weighted by Gasteiger charge is -2.17. The van der Waals surface area contributed by atoms with E-state index < -0.39 is 0 Å². The molecule has 1 unspecified atom stereocenters. The average Bonchev–Trinajstić information content (AvgIpc) is 2.80. The molecule has 0 saturated carbocycles. The molecular weight excluding hydrogens is 407 g/mol. The molecule has 6 heteroatoms. The number of nitrogens with zero attached hydrogens (tertiary/aromatic N) is 3. The molecule has 0 amide bonds. The Morgan fingerprint density at radius 1 is 1.26 bits per heavy atom. The van der Waals surface area contributed by atoms with Crippen molar-refractivity contribution >= 4 is 33.2 Å². The second-order valence-electron chi connectivity index (χ2n) is 7.07. The van der Waals surface area contributed by atoms with Crippen molar-refractivity contribution in [1.82, 2.24) is 10.4 Å². The van der Waals surface area contributed by atoms with E-state index in [0.29, 0.717) is 12.1 Å². The van der Waals surface area contributed by atoms with Gasteiger partial charge in [-0.3, -0.25) is 4.99 Å². The molecule has 2 aliphatic rings. The Bertz CT molecular complexity index is 976. The number of halogens is 2. The smallest absolute Gasteiger partial charge is 0.266 e. The maximum Gasteiger partial charge on any atom is 0.266 e. The van der Waals surface area contributed by atoms with Gasteiger partial charge in [-0.05, 0) is 52.5 Å². The first-order valence-corrected chi connectivity index (χ1v) is 9.97. The summed E-state index contributed by atoms with van der Waals surface area (Å²) < 4.78 is 18.1. The molecule has 4 rings (SSSR count). The number of likely N-dealkylation sites (N-methyl/N-ethyl adjacent to an activating group) is 1. The average molecular weight is 430 g/mol. The normalized spacial score (nSPS) is 19.3. The SMILES string of the molecule is CCc1ccc2c(c1Br)C(c1c(C)cccc1F)=NCC1N(C)NC(C)=[N+]21. The van der Waals surface area contributed by atoms with Crippen molar-refractivity contribution in [3.05, 3.63) is 62.9 Å². The number of aliphatic imine (C=N–C) groups is 1. The van der Waals surface area contributed by atoms with E-state index in [1.165, 1.54) is 11.6 Å². The van der Waals surface area contributed by atoms with Crippen LogP contribution in [0.1, 0.15) is 36.1 Å². The number of fused-ring (bicyclic) bond motifs is 3. The topological polar surface area (TPSA) is 30.6 Å². The Hall–Kier alpha value is -2.05. The predicted octanol–water partition coefficient (Wildman–Crippen LogP) is 4.15. The van der Waals surface area contributed by atoms with E-state index in [1.54, 1.807) is 6.07 Å². The van der Waals surface area contributed by atoms with Gasteiger partial charge in [-0.1, -0.05) is 25.1 Å². The van der Waals surface area contributed by atoms with Gasteiger partial charge in [0.25, 0.3) is 5.84 Å². The van der Waals surface area contributed by atoms with E-state index in [-0.39, 0.29) is 12.0 Å². The summed E-state index contributed by atoms with van der Waals surface area (Å²) in [6.07, 6.45) is 0.939. The van der Waals surface area contributed by atoms with Crippen molar-refractivity contribution in [2.24, 2.45) is 4.99 Å². The van der Waals surface area contributed by atoms with Gasteiger partial charge in [-0.25, -0.2) is 8.97 Å². The summed E-state index contributed by atoms with van der Waals surface area (Å²) in [5.74, 6) is 0.810. The third kappa shape index (κ3) is 2.82. The van der Waals surface area contributed by atoms with Gasteiger partial charge in [-0.2, -0.15) is 5.43 Å². The van der Waals surface area contributed by atoms with E-state index in [2.05, 4.69) is 56.9 Å². The summed E-state index contributed by atoms with van der Waals surface area (Å²) in [5.41, 5.74) is 8.75. The van der Waals surface area contributed by atoms with E-state index >= 15 is 0 Å². The lowest BCUT2D eigenvalue weighted by atomic mass is 9.94. The molecule has 2 aliphatic heterocycles. The Morgan fingerprint density at radius 3 is 2.74 bits per heavy atom. The first kappa shape index (κ1) is 18.3. The van der Waals surface area contributed by atoms with Crippen LogP contribution in [0.5, 0.6) is 0 Å². The lowest BCUT2D eigenvalue weighted by Crippen LogP contribution is -2.40. The maximum absolute atomic E-state index is 14.9. The van der Waals surface area contributed by atoms with Crippen molar-refractivity contribution < 1.29 is 8.97 Å². The Balaban J connectivity index is 2.06. The van der Waals surface area contributed by atoms with Gasteiger partial charge in [0, 0.05) is 24.0 Å². The van der Waals surface area contributed by atoms with Crippen molar-refractivity contribution in [2.75, 3.05) is 13.6 Å². The van der Waals surface area contributed by atoms with Crippen LogP contribution in [0.4, 0.5) is 10.1 Å². The molecule has 2 aromatic carbocycles. The highest BCUT2D eigenvalue weighted by atomic mass is 79.9. The largest absolute Gasteiger partial charge is 0.278 e. The molecule has 0 spiro atoms. The zero-order valence-electron chi connectivity index (χ0n) is 16.0. The fourth-order valence-corrected chi connectivity index (χ4v) is 4.83. The molecule has 0 fully saturated rings. The quantitative estimate of drug-likeness (QED) is 0.726. The molecule has 1 atom stereocenters. The molecule has 27 heavy (non-hydrogen) atoms. The predicted molar refractivity (Wildman–Crippen MR) is 110 cm³/mol. The fourth-order valence-electron chi connectivity index (χ4n) is 4.02. The van der Waals surface area contributed by atoms with E-state index in [1.807, 2.05) is 20.0 Å². The zero-order valence-corrected chi connectivity index (χ0v) is 17.6. The van der Waals surface area contributed by atoms with Crippen LogP contribution < -0.4 is 5.43 Å². The minimum atomic E-state index is -0.234. The summed E-state index contributed by atoms with van der Waals surface area (Å²) in [6, 6.07) is 9.47. The Labute approximate surface area is 167 Å². The van der Waals surface area contributed by atoms with Crippen molar-refractivity contribution in [3.8, 4) is 0 Å². The van der Waals surface area contributed by atoms with Crippen molar-refractivity contribution in [1.29, 1.82) is 0 Å². The molecule has 2 heterocycles. The van der Waals surface area contributed by atoms with Crippen LogP contribution in [0.2, 0.25) is 0 Å². The molecule has 0 aromatic heterocycles. The molecule has 0 bridgehead atoms. The third-order valence-corrected chi connectivity index (χ3v) is 6.30. The third-order valence-electron chi connectivity index (χ3n) is 5.39. The van der Waals surface area contributed by atoms with Crippen LogP contribution in [0.15, 0.2) is 39.8 Å². The highest BCUT2D eigenvalue weighted by Crippen LogP contribution is 2.37. The highest BCUT2D eigenvalue weighted by molar-refractivity contribution is 9.10. The van der Waals surface area contributed by atoms with E-state index in [9.17, 15) is 4.39 Å². The number of nitrogens with one attached hydrogen (secondary N) is 1. The molecule has 140 valence electrons. The lowest BCUT2D eigenvalue weighted by molar-refractivity contribution is -0.495. The highest BCUT2D eigenvalue weighted by Gasteiger charge is 2.40. The molecule has 4 nitrogen and oxygen atoms in total. The van der Waals surface area contributed by atoms with E-state index in [4.69, 9.17) is 4.99 Å². The van der Waals surface area contributed by atoms with Gasteiger partial charge in [0.15, 0.2) is 0 Å². The van der Waals surface area contributed by atoms with Crippen LogP contribution in [-0.2, 0) is 6.42 Å². The zero-order chi connectivity index (χ0) is 19.3. The fraction of sp³-hybridized carbons (Fsp3) is 0.333. The molecule has 0 saturated heterocycles. The maximum atomic E-state index is 14.9. The number of hydrogen-bond donors (Lipinski definition) is 1. The summed E-state index contributed by atoms with van der Waals surface area (Å²) in [5, 5.41) is 2.06. The molecule has 0 radical (unpaired) electrons. The van der Waals surface area contributed by atoms with Gasteiger partial charge in [0.1, 0.15) is 11.5 Å². The number of aryl methyl sites for hydroxylation is 2. The first-order chi connectivity index (χ1) is 12.9. The Morgan fingerprint density at radius 2 is 2.04 bits per heavy atom. The number of hydrazine groups is 1. The Kier molecular flexibility index (Phi) is 4.64. The standard InChI is InChI=1S/C21H22BrFN4/c1-5-14-9-10-16-19(20(14)22)21(18-12(2)7-6-8-15(18)23)24-11-17-26(4)25-13(3)27(16)17/h6-10,17H,5,11H2,1-4H3/p+1.